The van der Waals surface area contributed by atoms with Gasteiger partial charge in [0, 0.05) is 6.54 Å². The molecule has 1 aliphatic rings. The molecule has 2 aromatic carbocycles. The number of imidazole rings is 1. The number of carbonyl (C=O) groups excluding carboxylic acids is 2. The molecule has 6 nitrogen and oxygen atoms in total. The van der Waals surface area contributed by atoms with Gasteiger partial charge < -0.3 is 9.30 Å². The van der Waals surface area contributed by atoms with Crippen molar-refractivity contribution in [3.05, 3.63) is 60.2 Å². The largest absolute Gasteiger partial charge is 0.465 e. The van der Waals surface area contributed by atoms with Crippen molar-refractivity contribution in [2.75, 3.05) is 18.1 Å². The average molecular weight is 405 g/mol. The van der Waals surface area contributed by atoms with Crippen LogP contribution in [0, 0.1) is 5.92 Å². The Kier molecular flexibility index (Phi) is 5.84. The van der Waals surface area contributed by atoms with E-state index in [0.717, 1.165) is 35.9 Å². The van der Waals surface area contributed by atoms with Gasteiger partial charge in [-0.1, -0.05) is 62.2 Å². The number of amides is 1. The summed E-state index contributed by atoms with van der Waals surface area (Å²) in [6.07, 6.45) is 2.92. The molecule has 1 aromatic heterocycles. The van der Waals surface area contributed by atoms with Gasteiger partial charge >= 0.3 is 5.97 Å². The Morgan fingerprint density at radius 1 is 1.03 bits per heavy atom. The predicted octanol–water partition coefficient (Wildman–Crippen LogP) is 4.34. The molecule has 0 bridgehead atoms. The van der Waals surface area contributed by atoms with E-state index in [1.807, 2.05) is 59.2 Å². The van der Waals surface area contributed by atoms with Crippen LogP contribution in [0.1, 0.15) is 44.7 Å². The fraction of sp³-hybridized carbons (Fsp3) is 0.375. The summed E-state index contributed by atoms with van der Waals surface area (Å²) in [5, 5.41) is 0. The highest BCUT2D eigenvalue weighted by Gasteiger charge is 2.47. The molecule has 4 rings (SSSR count). The number of fused-ring (bicyclic) bond motifs is 3. The van der Waals surface area contributed by atoms with Gasteiger partial charge in [-0.15, -0.1) is 0 Å². The third-order valence-corrected chi connectivity index (χ3v) is 5.61. The molecule has 0 N–H and O–H groups in total. The number of nitrogens with zero attached hydrogens (tertiary/aromatic N) is 3. The monoisotopic (exact) mass is 405 g/mol. The van der Waals surface area contributed by atoms with Crippen molar-refractivity contribution in [2.24, 2.45) is 5.92 Å². The van der Waals surface area contributed by atoms with Gasteiger partial charge in [-0.3, -0.25) is 14.5 Å². The summed E-state index contributed by atoms with van der Waals surface area (Å²) in [6.45, 7) is 4.66. The molecule has 6 heteroatoms. The predicted molar refractivity (Wildman–Crippen MR) is 116 cm³/mol. The number of carbonyl (C=O) groups is 2. The number of aromatic nitrogens is 2. The van der Waals surface area contributed by atoms with Crippen molar-refractivity contribution in [3.8, 4) is 0 Å². The number of para-hydroxylation sites is 2. The third kappa shape index (κ3) is 3.47. The minimum atomic E-state index is -0.945. The molecule has 0 saturated carbocycles. The summed E-state index contributed by atoms with van der Waals surface area (Å²) in [5.74, 6) is -1.06. The molecule has 156 valence electrons. The van der Waals surface area contributed by atoms with E-state index in [-0.39, 0.29) is 12.5 Å². The summed E-state index contributed by atoms with van der Waals surface area (Å²) in [5.41, 5.74) is 2.61. The molecule has 30 heavy (non-hydrogen) atoms. The van der Waals surface area contributed by atoms with Crippen LogP contribution in [0.5, 0.6) is 0 Å². The van der Waals surface area contributed by atoms with Gasteiger partial charge in [0.25, 0.3) is 0 Å². The van der Waals surface area contributed by atoms with Gasteiger partial charge in [0.15, 0.2) is 5.92 Å². The zero-order valence-corrected chi connectivity index (χ0v) is 17.5. The fourth-order valence-electron chi connectivity index (χ4n) is 4.23. The van der Waals surface area contributed by atoms with E-state index in [2.05, 4.69) is 6.92 Å². The first-order valence-corrected chi connectivity index (χ1v) is 10.7. The molecule has 2 heterocycles. The molecule has 0 aliphatic carbocycles. The van der Waals surface area contributed by atoms with Gasteiger partial charge in [-0.2, -0.15) is 0 Å². The first-order chi connectivity index (χ1) is 14.7. The maximum absolute atomic E-state index is 13.6. The molecule has 0 radical (unpaired) electrons. The lowest BCUT2D eigenvalue weighted by Gasteiger charge is -2.38. The summed E-state index contributed by atoms with van der Waals surface area (Å²) >= 11 is 0. The molecular weight excluding hydrogens is 378 g/mol. The topological polar surface area (TPSA) is 64.4 Å². The Balaban J connectivity index is 1.93. The van der Waals surface area contributed by atoms with Crippen molar-refractivity contribution in [3.63, 3.8) is 0 Å². The summed E-state index contributed by atoms with van der Waals surface area (Å²) < 4.78 is 7.40. The van der Waals surface area contributed by atoms with Crippen LogP contribution in [0.15, 0.2) is 54.6 Å². The van der Waals surface area contributed by atoms with Crippen LogP contribution < -0.4 is 4.90 Å². The molecule has 0 spiro atoms. The minimum Gasteiger partial charge on any atom is -0.465 e. The van der Waals surface area contributed by atoms with Gasteiger partial charge in [0.1, 0.15) is 0 Å². The molecule has 1 aliphatic heterocycles. The number of rotatable bonds is 7. The second kappa shape index (κ2) is 8.69. The van der Waals surface area contributed by atoms with Crippen LogP contribution >= 0.6 is 0 Å². The Hall–Kier alpha value is -3.15. The van der Waals surface area contributed by atoms with Gasteiger partial charge in [-0.25, -0.2) is 4.98 Å². The van der Waals surface area contributed by atoms with Gasteiger partial charge in [0.2, 0.25) is 11.9 Å². The smallest absolute Gasteiger partial charge is 0.321 e. The summed E-state index contributed by atoms with van der Waals surface area (Å²) in [7, 11) is 0. The van der Waals surface area contributed by atoms with E-state index in [0.29, 0.717) is 12.5 Å². The Morgan fingerprint density at radius 3 is 2.50 bits per heavy atom. The van der Waals surface area contributed by atoms with E-state index in [9.17, 15) is 9.59 Å². The molecule has 3 aromatic rings. The zero-order chi connectivity index (χ0) is 21.1. The van der Waals surface area contributed by atoms with Crippen LogP contribution in [0.3, 0.4) is 0 Å². The first kappa shape index (κ1) is 20.1. The normalized spacial score (nSPS) is 18.5. The lowest BCUT2D eigenvalue weighted by Crippen LogP contribution is -2.50. The number of ether oxygens (including phenoxy) is 1. The summed E-state index contributed by atoms with van der Waals surface area (Å²) in [6, 6.07) is 17.0. The number of unbranched alkanes of at least 4 members (excludes halogenated alkanes) is 2. The molecule has 0 saturated heterocycles. The maximum Gasteiger partial charge on any atom is 0.321 e. The van der Waals surface area contributed by atoms with Crippen LogP contribution in [0.2, 0.25) is 0 Å². The molecule has 2 atom stereocenters. The zero-order valence-electron chi connectivity index (χ0n) is 17.5. The highest BCUT2D eigenvalue weighted by Crippen LogP contribution is 2.41. The molecule has 0 unspecified atom stereocenters. The lowest BCUT2D eigenvalue weighted by molar-refractivity contribution is -0.153. The molecule has 0 fully saturated rings. The molecule has 1 amide bonds. The Labute approximate surface area is 176 Å². The van der Waals surface area contributed by atoms with Crippen molar-refractivity contribution in [1.29, 1.82) is 0 Å². The van der Waals surface area contributed by atoms with Crippen molar-refractivity contribution >= 4 is 28.9 Å². The van der Waals surface area contributed by atoms with Gasteiger partial charge in [0.05, 0.1) is 23.7 Å². The Morgan fingerprint density at radius 2 is 1.77 bits per heavy atom. The van der Waals surface area contributed by atoms with Crippen LogP contribution in [-0.2, 0) is 14.3 Å². The number of benzene rings is 2. The minimum absolute atomic E-state index is 0.234. The first-order valence-electron chi connectivity index (χ1n) is 10.7. The van der Waals surface area contributed by atoms with Crippen LogP contribution in [0.25, 0.3) is 11.0 Å². The van der Waals surface area contributed by atoms with Gasteiger partial charge in [-0.05, 0) is 31.0 Å². The number of hydrogen-bond acceptors (Lipinski definition) is 4. The highest BCUT2D eigenvalue weighted by molar-refractivity contribution is 6.08. The standard InChI is InChI=1S/C24H27N3O3/c1-3-5-11-16-26-22(28)20(23(29)30-4-2)21(17-12-7-6-8-13-17)27-19-15-10-9-14-18(19)25-24(26)27/h6-10,12-15,20-21H,3-5,11,16H2,1-2H3/t20-,21+/m0/s1. The lowest BCUT2D eigenvalue weighted by atomic mass is 9.89. The maximum atomic E-state index is 13.6. The number of anilines is 1. The Bertz CT molecular complexity index is 1040. The summed E-state index contributed by atoms with van der Waals surface area (Å²) in [4.78, 5) is 33.1. The van der Waals surface area contributed by atoms with E-state index in [1.165, 1.54) is 0 Å². The SMILES string of the molecule is CCCCCN1C(=O)[C@@H](C(=O)OCC)[C@@H](c2ccccc2)n2c1nc1ccccc12. The van der Waals surface area contributed by atoms with Crippen molar-refractivity contribution < 1.29 is 14.3 Å². The van der Waals surface area contributed by atoms with E-state index >= 15 is 0 Å². The quantitative estimate of drug-likeness (QED) is 0.333. The second-order valence-electron chi connectivity index (χ2n) is 7.55. The van der Waals surface area contributed by atoms with E-state index < -0.39 is 17.9 Å². The molecular formula is C24H27N3O3. The van der Waals surface area contributed by atoms with E-state index in [1.54, 1.807) is 11.8 Å². The third-order valence-electron chi connectivity index (χ3n) is 5.61. The number of esters is 1. The van der Waals surface area contributed by atoms with Crippen molar-refractivity contribution in [2.45, 2.75) is 39.2 Å². The number of hydrogen-bond donors (Lipinski definition) is 0. The highest BCUT2D eigenvalue weighted by atomic mass is 16.5. The van der Waals surface area contributed by atoms with Crippen LogP contribution in [-0.4, -0.2) is 34.6 Å². The second-order valence-corrected chi connectivity index (χ2v) is 7.55. The average Bonchev–Trinajstić information content (AvgIpc) is 3.14. The van der Waals surface area contributed by atoms with Crippen molar-refractivity contribution in [1.82, 2.24) is 9.55 Å². The van der Waals surface area contributed by atoms with Crippen LogP contribution in [0.4, 0.5) is 5.95 Å². The van der Waals surface area contributed by atoms with E-state index in [4.69, 9.17) is 9.72 Å². The fourth-order valence-corrected chi connectivity index (χ4v) is 4.23.